The number of thioether (sulfide) groups is 1. The quantitative estimate of drug-likeness (QED) is 0.596. The average molecular weight is 316 g/mol. The molecule has 0 atom stereocenters. The van der Waals surface area contributed by atoms with Crippen molar-refractivity contribution < 1.29 is 4.79 Å². The third kappa shape index (κ3) is 4.29. The molecule has 0 aliphatic rings. The number of nitrogen functional groups attached to an aromatic ring is 1. The summed E-state index contributed by atoms with van der Waals surface area (Å²) < 4.78 is 0. The number of nitrogens with zero attached hydrogens (tertiary/aromatic N) is 2. The Balaban J connectivity index is 2.80. The molecule has 1 aromatic heterocycles. The van der Waals surface area contributed by atoms with Gasteiger partial charge in [-0.05, 0) is 33.3 Å². The number of nitrogens with one attached hydrogen (secondary N) is 1. The van der Waals surface area contributed by atoms with Crippen molar-refractivity contribution >= 4 is 39.7 Å². The highest BCUT2D eigenvalue weighted by Crippen LogP contribution is 2.41. The Morgan fingerprint density at radius 1 is 1.35 bits per heavy atom. The van der Waals surface area contributed by atoms with Gasteiger partial charge in [0.1, 0.15) is 9.88 Å². The van der Waals surface area contributed by atoms with Crippen molar-refractivity contribution in [2.75, 3.05) is 58.6 Å². The van der Waals surface area contributed by atoms with Gasteiger partial charge in [-0.25, -0.2) is 0 Å². The molecular formula is C13H24N4OS2. The van der Waals surface area contributed by atoms with Crippen LogP contribution in [0.5, 0.6) is 0 Å². The first-order valence-corrected chi connectivity index (χ1v) is 8.49. The van der Waals surface area contributed by atoms with Crippen LogP contribution in [0.3, 0.4) is 0 Å². The Morgan fingerprint density at radius 2 is 2.00 bits per heavy atom. The fraction of sp³-hybridized carbons (Fsp3) is 0.615. The second-order valence-electron chi connectivity index (χ2n) is 4.99. The van der Waals surface area contributed by atoms with E-state index in [0.29, 0.717) is 10.6 Å². The first-order chi connectivity index (χ1) is 9.38. The maximum absolute atomic E-state index is 12.1. The van der Waals surface area contributed by atoms with E-state index in [1.807, 2.05) is 6.26 Å². The van der Waals surface area contributed by atoms with Gasteiger partial charge in [0, 0.05) is 20.6 Å². The van der Waals surface area contributed by atoms with Crippen LogP contribution in [0.25, 0.3) is 0 Å². The topological polar surface area (TPSA) is 61.6 Å². The fourth-order valence-corrected chi connectivity index (χ4v) is 3.79. The van der Waals surface area contributed by atoms with Crippen LogP contribution in [-0.4, -0.2) is 63.2 Å². The molecule has 114 valence electrons. The summed E-state index contributed by atoms with van der Waals surface area (Å²) in [6.45, 7) is 1.91. The number of anilines is 2. The predicted octanol–water partition coefficient (Wildman–Crippen LogP) is 2.12. The van der Waals surface area contributed by atoms with Crippen molar-refractivity contribution in [3.8, 4) is 0 Å². The smallest absolute Gasteiger partial charge is 0.265 e. The molecule has 0 saturated heterocycles. The van der Waals surface area contributed by atoms with E-state index < -0.39 is 0 Å². The Labute approximate surface area is 129 Å². The summed E-state index contributed by atoms with van der Waals surface area (Å²) >= 11 is 3.02. The molecule has 1 heterocycles. The van der Waals surface area contributed by atoms with Gasteiger partial charge in [-0.1, -0.05) is 0 Å². The zero-order chi connectivity index (χ0) is 15.3. The Bertz CT molecular complexity index is 457. The summed E-state index contributed by atoms with van der Waals surface area (Å²) in [6, 6.07) is 0. The van der Waals surface area contributed by atoms with Gasteiger partial charge in [-0.3, -0.25) is 4.79 Å². The zero-order valence-electron chi connectivity index (χ0n) is 12.8. The van der Waals surface area contributed by atoms with Gasteiger partial charge in [0.2, 0.25) is 0 Å². The minimum atomic E-state index is -0.0378. The maximum Gasteiger partial charge on any atom is 0.265 e. The van der Waals surface area contributed by atoms with Gasteiger partial charge in [0.05, 0.1) is 10.6 Å². The van der Waals surface area contributed by atoms with E-state index in [2.05, 4.69) is 24.3 Å². The molecule has 3 N–H and O–H groups in total. The molecule has 0 aromatic carbocycles. The van der Waals surface area contributed by atoms with Crippen LogP contribution >= 0.6 is 23.1 Å². The van der Waals surface area contributed by atoms with Crippen molar-refractivity contribution in [3.05, 3.63) is 4.88 Å². The van der Waals surface area contributed by atoms with E-state index in [4.69, 9.17) is 5.73 Å². The Hall–Kier alpha value is -0.920. The van der Waals surface area contributed by atoms with Crippen LogP contribution in [0, 0.1) is 0 Å². The molecule has 20 heavy (non-hydrogen) atoms. The van der Waals surface area contributed by atoms with Crippen LogP contribution in [0.2, 0.25) is 0 Å². The maximum atomic E-state index is 12.1. The predicted molar refractivity (Wildman–Crippen MR) is 90.2 cm³/mol. The third-order valence-electron chi connectivity index (χ3n) is 2.77. The van der Waals surface area contributed by atoms with Gasteiger partial charge in [-0.2, -0.15) is 0 Å². The number of carbonyl (C=O) groups excluding carboxylic acids is 1. The van der Waals surface area contributed by atoms with Crippen LogP contribution in [0.1, 0.15) is 16.1 Å². The number of nitrogens with two attached hydrogens (primary N) is 1. The zero-order valence-corrected chi connectivity index (χ0v) is 14.5. The molecular weight excluding hydrogens is 292 g/mol. The summed E-state index contributed by atoms with van der Waals surface area (Å²) in [5.74, 6) is -0.0378. The average Bonchev–Trinajstić information content (AvgIpc) is 2.69. The molecule has 0 aliphatic carbocycles. The number of amides is 1. The molecule has 1 aromatic rings. The summed E-state index contributed by atoms with van der Waals surface area (Å²) in [6.07, 6.45) is 3.03. The van der Waals surface area contributed by atoms with Crippen molar-refractivity contribution in [1.82, 2.24) is 9.80 Å². The van der Waals surface area contributed by atoms with Crippen LogP contribution < -0.4 is 11.1 Å². The van der Waals surface area contributed by atoms with Crippen LogP contribution in [-0.2, 0) is 0 Å². The summed E-state index contributed by atoms with van der Waals surface area (Å²) in [7, 11) is 7.60. The molecule has 0 fully saturated rings. The second kappa shape index (κ2) is 7.75. The lowest BCUT2D eigenvalue weighted by molar-refractivity contribution is 0.0833. The third-order valence-corrected chi connectivity index (χ3v) is 4.88. The first kappa shape index (κ1) is 17.1. The minimum absolute atomic E-state index is 0.0378. The Morgan fingerprint density at radius 3 is 2.50 bits per heavy atom. The summed E-state index contributed by atoms with van der Waals surface area (Å²) in [5, 5.41) is 4.39. The second-order valence-corrected chi connectivity index (χ2v) is 6.83. The number of carbonyl (C=O) groups is 1. The number of hydrogen-bond donors (Lipinski definition) is 2. The largest absolute Gasteiger partial charge is 0.396 e. The van der Waals surface area contributed by atoms with Crippen LogP contribution in [0.15, 0.2) is 4.90 Å². The number of hydrogen-bond acceptors (Lipinski definition) is 6. The molecule has 0 spiro atoms. The van der Waals surface area contributed by atoms with E-state index in [-0.39, 0.29) is 5.91 Å². The highest BCUT2D eigenvalue weighted by atomic mass is 32.2. The number of rotatable bonds is 7. The monoisotopic (exact) mass is 316 g/mol. The lowest BCUT2D eigenvalue weighted by Crippen LogP contribution is -2.21. The molecule has 0 aliphatic heterocycles. The summed E-state index contributed by atoms with van der Waals surface area (Å²) in [4.78, 5) is 17.4. The van der Waals surface area contributed by atoms with Gasteiger partial charge < -0.3 is 20.9 Å². The highest BCUT2D eigenvalue weighted by molar-refractivity contribution is 7.99. The molecule has 7 heteroatoms. The van der Waals surface area contributed by atoms with Crippen molar-refractivity contribution in [2.45, 2.75) is 11.3 Å². The van der Waals surface area contributed by atoms with E-state index in [9.17, 15) is 4.79 Å². The van der Waals surface area contributed by atoms with Gasteiger partial charge in [0.25, 0.3) is 5.91 Å². The standard InChI is InChI=1S/C13H24N4OS2/c1-16(2)8-6-7-15-12-10(19-5)9(14)11(20-12)13(18)17(3)4/h15H,6-8,14H2,1-5H3. The lowest BCUT2D eigenvalue weighted by Gasteiger charge is -2.10. The van der Waals surface area contributed by atoms with E-state index in [1.54, 1.807) is 30.8 Å². The Kier molecular flexibility index (Phi) is 6.64. The summed E-state index contributed by atoms with van der Waals surface area (Å²) in [5.41, 5.74) is 6.69. The van der Waals surface area contributed by atoms with Crippen molar-refractivity contribution in [3.63, 3.8) is 0 Å². The lowest BCUT2D eigenvalue weighted by atomic mass is 10.3. The van der Waals surface area contributed by atoms with E-state index >= 15 is 0 Å². The normalized spacial score (nSPS) is 10.9. The van der Waals surface area contributed by atoms with Crippen molar-refractivity contribution in [1.29, 1.82) is 0 Å². The van der Waals surface area contributed by atoms with Gasteiger partial charge in [-0.15, -0.1) is 23.1 Å². The first-order valence-electron chi connectivity index (χ1n) is 6.45. The van der Waals surface area contributed by atoms with Gasteiger partial charge >= 0.3 is 0 Å². The highest BCUT2D eigenvalue weighted by Gasteiger charge is 2.21. The van der Waals surface area contributed by atoms with Crippen molar-refractivity contribution in [2.24, 2.45) is 0 Å². The van der Waals surface area contributed by atoms with E-state index in [0.717, 1.165) is 29.4 Å². The molecule has 0 saturated carbocycles. The molecule has 1 rings (SSSR count). The van der Waals surface area contributed by atoms with E-state index in [1.165, 1.54) is 11.3 Å². The van der Waals surface area contributed by atoms with Crippen LogP contribution in [0.4, 0.5) is 10.7 Å². The van der Waals surface area contributed by atoms with Gasteiger partial charge in [0.15, 0.2) is 0 Å². The molecule has 0 bridgehead atoms. The molecule has 0 radical (unpaired) electrons. The fourth-order valence-electron chi connectivity index (χ4n) is 1.71. The minimum Gasteiger partial charge on any atom is -0.396 e. The molecule has 1 amide bonds. The molecule has 5 nitrogen and oxygen atoms in total. The molecule has 0 unspecified atom stereocenters. The SMILES string of the molecule is CSc1c(NCCCN(C)C)sc(C(=O)N(C)C)c1N. The number of thiophene rings is 1.